The third-order valence-electron chi connectivity index (χ3n) is 6.88. The fourth-order valence-corrected chi connectivity index (χ4v) is 4.64. The van der Waals surface area contributed by atoms with Crippen LogP contribution in [0.2, 0.25) is 0 Å². The van der Waals surface area contributed by atoms with Crippen molar-refractivity contribution in [3.8, 4) is 17.0 Å². The van der Waals surface area contributed by atoms with Crippen molar-refractivity contribution in [3.05, 3.63) is 84.1 Å². The average Bonchev–Trinajstić information content (AvgIpc) is 3.59. The zero-order chi connectivity index (χ0) is 21.5. The van der Waals surface area contributed by atoms with Gasteiger partial charge in [0, 0.05) is 23.9 Å². The summed E-state index contributed by atoms with van der Waals surface area (Å²) in [7, 11) is 0. The summed E-state index contributed by atoms with van der Waals surface area (Å²) < 4.78 is 8.36. The van der Waals surface area contributed by atoms with Gasteiger partial charge in [-0.15, -0.1) is 0 Å². The summed E-state index contributed by atoms with van der Waals surface area (Å²) in [5, 5.41) is 0. The van der Waals surface area contributed by atoms with Gasteiger partial charge in [0.05, 0.1) is 22.9 Å². The molecule has 2 aromatic heterocycles. The molecule has 2 aromatic carbocycles. The Balaban J connectivity index is 1.41. The summed E-state index contributed by atoms with van der Waals surface area (Å²) in [4.78, 5) is 9.93. The molecule has 2 N–H and O–H groups in total. The lowest BCUT2D eigenvalue weighted by Crippen LogP contribution is -2.16. The predicted octanol–water partition coefficient (Wildman–Crippen LogP) is 5.65. The van der Waals surface area contributed by atoms with E-state index in [9.17, 15) is 0 Å². The second kappa shape index (κ2) is 8.06. The fourth-order valence-electron chi connectivity index (χ4n) is 4.64. The molecule has 162 valence electrons. The van der Waals surface area contributed by atoms with E-state index in [-0.39, 0.29) is 6.04 Å². The normalized spacial score (nSPS) is 17.3. The molecule has 6 rings (SSSR count). The number of nitrogens with zero attached hydrogens (tertiary/aromatic N) is 3. The van der Waals surface area contributed by atoms with Crippen LogP contribution in [0.5, 0.6) is 5.75 Å². The Hall–Kier alpha value is -3.18. The first-order valence-corrected chi connectivity index (χ1v) is 11.7. The van der Waals surface area contributed by atoms with Gasteiger partial charge in [-0.3, -0.25) is 9.38 Å². The summed E-state index contributed by atoms with van der Waals surface area (Å²) in [5.41, 5.74) is 11.9. The average molecular weight is 425 g/mol. The molecule has 0 radical (unpaired) electrons. The first kappa shape index (κ1) is 19.5. The Labute approximate surface area is 188 Å². The van der Waals surface area contributed by atoms with E-state index in [1.54, 1.807) is 0 Å². The van der Waals surface area contributed by atoms with Gasteiger partial charge >= 0.3 is 0 Å². The van der Waals surface area contributed by atoms with Gasteiger partial charge in [-0.2, -0.15) is 0 Å². The molecular weight excluding hydrogens is 396 g/mol. The van der Waals surface area contributed by atoms with Crippen molar-refractivity contribution in [3.63, 3.8) is 0 Å². The number of aromatic nitrogens is 3. The minimum absolute atomic E-state index is 0.0408. The third-order valence-corrected chi connectivity index (χ3v) is 6.88. The van der Waals surface area contributed by atoms with E-state index in [0.29, 0.717) is 18.4 Å². The minimum Gasteiger partial charge on any atom is -0.489 e. The maximum Gasteiger partial charge on any atom is 0.120 e. The molecule has 1 unspecified atom stereocenters. The molecule has 32 heavy (non-hydrogen) atoms. The molecule has 0 bridgehead atoms. The Morgan fingerprint density at radius 2 is 1.88 bits per heavy atom. The number of nitrogens with two attached hydrogens (primary N) is 1. The van der Waals surface area contributed by atoms with Gasteiger partial charge in [0.25, 0.3) is 0 Å². The van der Waals surface area contributed by atoms with E-state index in [1.165, 1.54) is 32.1 Å². The van der Waals surface area contributed by atoms with Crippen molar-refractivity contribution in [2.75, 3.05) is 0 Å². The SMILES string of the molecule is NC(c1nccn2c(C3CCC3)nc(-c3cccc(OCc4ccccc4)c3)c12)C1CC1. The lowest BCUT2D eigenvalue weighted by molar-refractivity contribution is 0.306. The van der Waals surface area contributed by atoms with Gasteiger partial charge in [-0.25, -0.2) is 4.98 Å². The van der Waals surface area contributed by atoms with E-state index in [1.807, 2.05) is 36.5 Å². The first-order valence-electron chi connectivity index (χ1n) is 11.7. The largest absolute Gasteiger partial charge is 0.489 e. The van der Waals surface area contributed by atoms with Crippen LogP contribution < -0.4 is 10.5 Å². The lowest BCUT2D eigenvalue weighted by atomic mass is 9.85. The van der Waals surface area contributed by atoms with Gasteiger partial charge in [0.2, 0.25) is 0 Å². The fraction of sp³-hybridized carbons (Fsp3) is 0.333. The molecule has 1 atom stereocenters. The summed E-state index contributed by atoms with van der Waals surface area (Å²) >= 11 is 0. The monoisotopic (exact) mass is 424 g/mol. The summed E-state index contributed by atoms with van der Waals surface area (Å²) in [5.74, 6) is 3.03. The maximum absolute atomic E-state index is 6.66. The van der Waals surface area contributed by atoms with Crippen LogP contribution in [0.25, 0.3) is 16.8 Å². The van der Waals surface area contributed by atoms with Crippen LogP contribution in [0.3, 0.4) is 0 Å². The van der Waals surface area contributed by atoms with E-state index >= 15 is 0 Å². The first-order chi connectivity index (χ1) is 15.8. The van der Waals surface area contributed by atoms with Gasteiger partial charge in [0.1, 0.15) is 18.2 Å². The van der Waals surface area contributed by atoms with Crippen LogP contribution in [0.4, 0.5) is 0 Å². The van der Waals surface area contributed by atoms with Gasteiger partial charge in [-0.1, -0.05) is 48.9 Å². The molecule has 0 aliphatic heterocycles. The number of ether oxygens (including phenoxy) is 1. The zero-order valence-electron chi connectivity index (χ0n) is 18.2. The molecule has 2 aliphatic carbocycles. The zero-order valence-corrected chi connectivity index (χ0v) is 18.2. The Morgan fingerprint density at radius 1 is 1.03 bits per heavy atom. The second-order valence-corrected chi connectivity index (χ2v) is 9.14. The van der Waals surface area contributed by atoms with Crippen LogP contribution in [0.15, 0.2) is 67.0 Å². The highest BCUT2D eigenvalue weighted by molar-refractivity contribution is 5.81. The number of rotatable bonds is 7. The summed E-state index contributed by atoms with van der Waals surface area (Å²) in [6.07, 6.45) is 9.99. The maximum atomic E-state index is 6.66. The van der Waals surface area contributed by atoms with E-state index in [4.69, 9.17) is 20.4 Å². The van der Waals surface area contributed by atoms with E-state index in [0.717, 1.165) is 39.6 Å². The number of hydrogen-bond donors (Lipinski definition) is 1. The van der Waals surface area contributed by atoms with Crippen molar-refractivity contribution < 1.29 is 4.74 Å². The topological polar surface area (TPSA) is 65.4 Å². The summed E-state index contributed by atoms with van der Waals surface area (Å²) in [6.45, 7) is 0.543. The Morgan fingerprint density at radius 3 is 2.62 bits per heavy atom. The van der Waals surface area contributed by atoms with E-state index < -0.39 is 0 Å². The highest BCUT2D eigenvalue weighted by atomic mass is 16.5. The van der Waals surface area contributed by atoms with Crippen molar-refractivity contribution >= 4 is 5.52 Å². The summed E-state index contributed by atoms with van der Waals surface area (Å²) in [6, 6.07) is 18.5. The van der Waals surface area contributed by atoms with E-state index in [2.05, 4.69) is 34.9 Å². The second-order valence-electron chi connectivity index (χ2n) is 9.14. The molecule has 2 heterocycles. The van der Waals surface area contributed by atoms with Crippen LogP contribution >= 0.6 is 0 Å². The van der Waals surface area contributed by atoms with Crippen molar-refractivity contribution in [2.24, 2.45) is 11.7 Å². The number of hydrogen-bond acceptors (Lipinski definition) is 4. The van der Waals surface area contributed by atoms with Gasteiger partial charge < -0.3 is 10.5 Å². The molecule has 5 heteroatoms. The van der Waals surface area contributed by atoms with Crippen LogP contribution in [-0.4, -0.2) is 14.4 Å². The molecule has 2 fully saturated rings. The molecule has 2 aliphatic rings. The molecule has 4 aromatic rings. The number of benzene rings is 2. The highest BCUT2D eigenvalue weighted by Crippen LogP contribution is 2.43. The minimum atomic E-state index is -0.0408. The Bertz CT molecular complexity index is 1240. The quantitative estimate of drug-likeness (QED) is 0.416. The number of fused-ring (bicyclic) bond motifs is 1. The lowest BCUT2D eigenvalue weighted by Gasteiger charge is -2.24. The van der Waals surface area contributed by atoms with Gasteiger partial charge in [-0.05, 0) is 49.3 Å². The molecule has 0 amide bonds. The molecule has 0 spiro atoms. The van der Waals surface area contributed by atoms with Crippen molar-refractivity contribution in [1.82, 2.24) is 14.4 Å². The highest BCUT2D eigenvalue weighted by Gasteiger charge is 2.34. The third kappa shape index (κ3) is 3.56. The molecule has 0 saturated heterocycles. The molecule has 5 nitrogen and oxygen atoms in total. The predicted molar refractivity (Wildman–Crippen MR) is 125 cm³/mol. The Kier molecular flexibility index (Phi) is 4.91. The standard InChI is InChI=1S/C27H28N4O/c28-23(19-12-13-19)25-26-24(30-27(20-8-4-9-20)31(26)15-14-29-25)21-10-5-11-22(16-21)32-17-18-6-2-1-3-7-18/h1-3,5-7,10-11,14-16,19-20,23H,4,8-9,12-13,17,28H2. The molecular formula is C27H28N4O. The van der Waals surface area contributed by atoms with Gasteiger partial charge in [0.15, 0.2) is 0 Å². The van der Waals surface area contributed by atoms with Crippen LogP contribution in [-0.2, 0) is 6.61 Å². The van der Waals surface area contributed by atoms with Crippen molar-refractivity contribution in [1.29, 1.82) is 0 Å². The van der Waals surface area contributed by atoms with Crippen LogP contribution in [0.1, 0.15) is 61.1 Å². The molecule has 2 saturated carbocycles. The van der Waals surface area contributed by atoms with Crippen molar-refractivity contribution in [2.45, 2.75) is 50.7 Å². The smallest absolute Gasteiger partial charge is 0.120 e. The van der Waals surface area contributed by atoms with Crippen LogP contribution in [0, 0.1) is 5.92 Å². The number of imidazole rings is 1.